The maximum Gasteiger partial charge on any atom is 0.202 e. The molecule has 0 amide bonds. The first kappa shape index (κ1) is 44.2. The average molecular weight is 764 g/mol. The largest absolute Gasteiger partial charge is 0.392 e. The first-order valence-corrected chi connectivity index (χ1v) is 21.6. The van der Waals surface area contributed by atoms with Crippen LogP contribution < -0.4 is 0 Å². The molecular formula is C44H77NO9. The molecule has 0 aromatic heterocycles. The Morgan fingerprint density at radius 3 is 2.24 bits per heavy atom. The van der Waals surface area contributed by atoms with Gasteiger partial charge in [0.1, 0.15) is 11.9 Å². The maximum absolute atomic E-state index is 14.5. The number of ether oxygens (including phenoxy) is 5. The molecule has 5 aliphatic rings. The van der Waals surface area contributed by atoms with E-state index in [9.17, 15) is 20.1 Å². The van der Waals surface area contributed by atoms with Gasteiger partial charge in [0.2, 0.25) is 5.79 Å². The van der Waals surface area contributed by atoms with Crippen LogP contribution in [0.15, 0.2) is 12.2 Å². The molecule has 54 heavy (non-hydrogen) atoms. The van der Waals surface area contributed by atoms with E-state index >= 15 is 0 Å². The summed E-state index contributed by atoms with van der Waals surface area (Å²) in [5.74, 6) is -3.08. The summed E-state index contributed by atoms with van der Waals surface area (Å²) < 4.78 is 34.0. The van der Waals surface area contributed by atoms with Crippen molar-refractivity contribution in [1.29, 1.82) is 0 Å². The number of Topliss-reactive ketones (excluding diaryl/α,β-unsaturated/α-hetero) is 1. The van der Waals surface area contributed by atoms with Crippen molar-refractivity contribution in [2.24, 2.45) is 41.4 Å². The summed E-state index contributed by atoms with van der Waals surface area (Å²) in [5.41, 5.74) is -1.59. The molecule has 312 valence electrons. The van der Waals surface area contributed by atoms with Crippen molar-refractivity contribution in [2.45, 2.75) is 199 Å². The van der Waals surface area contributed by atoms with Gasteiger partial charge in [0.15, 0.2) is 5.79 Å². The summed E-state index contributed by atoms with van der Waals surface area (Å²) in [6.07, 6.45) is 8.08. The molecule has 10 heteroatoms. The van der Waals surface area contributed by atoms with Gasteiger partial charge in [-0.15, -0.1) is 0 Å². The van der Waals surface area contributed by atoms with Crippen LogP contribution in [0.4, 0.5) is 0 Å². The fraction of sp³-hybridized carbons (Fsp3) is 0.932. The summed E-state index contributed by atoms with van der Waals surface area (Å²) >= 11 is 0. The van der Waals surface area contributed by atoms with Gasteiger partial charge in [0, 0.05) is 36.6 Å². The highest BCUT2D eigenvalue weighted by Crippen LogP contribution is 2.54. The fourth-order valence-corrected chi connectivity index (χ4v) is 10.9. The third-order valence-corrected chi connectivity index (χ3v) is 14.9. The second kappa shape index (κ2) is 17.1. The van der Waals surface area contributed by atoms with E-state index in [0.717, 1.165) is 32.2 Å². The molecule has 18 atom stereocenters. The van der Waals surface area contributed by atoms with Crippen LogP contribution in [-0.4, -0.2) is 112 Å². The molecule has 3 N–H and O–H groups in total. The zero-order valence-electron chi connectivity index (χ0n) is 35.8. The molecule has 5 heterocycles. The Bertz CT molecular complexity index is 1300. The van der Waals surface area contributed by atoms with Crippen LogP contribution in [0, 0.1) is 41.4 Å². The van der Waals surface area contributed by atoms with Crippen molar-refractivity contribution >= 4 is 5.78 Å². The van der Waals surface area contributed by atoms with Crippen LogP contribution in [0.25, 0.3) is 0 Å². The van der Waals surface area contributed by atoms with E-state index in [-0.39, 0.29) is 48.0 Å². The number of hydrogen-bond donors (Lipinski definition) is 3. The van der Waals surface area contributed by atoms with Crippen molar-refractivity contribution in [2.75, 3.05) is 20.6 Å². The Hall–Kier alpha value is -0.950. The third kappa shape index (κ3) is 8.45. The molecule has 0 unspecified atom stereocenters. The fourth-order valence-electron chi connectivity index (χ4n) is 10.9. The highest BCUT2D eigenvalue weighted by atomic mass is 16.8. The number of carbonyl (C=O) groups is 1. The van der Waals surface area contributed by atoms with Crippen LogP contribution in [-0.2, 0) is 28.5 Å². The van der Waals surface area contributed by atoms with Crippen molar-refractivity contribution in [3.63, 3.8) is 0 Å². The van der Waals surface area contributed by atoms with Crippen molar-refractivity contribution < 1.29 is 43.8 Å². The lowest BCUT2D eigenvalue weighted by Crippen LogP contribution is -2.63. The summed E-state index contributed by atoms with van der Waals surface area (Å²) in [6, 6.07) is 0. The predicted octanol–water partition coefficient (Wildman–Crippen LogP) is 6.67. The molecule has 0 bridgehead atoms. The minimum atomic E-state index is -1.34. The Balaban J connectivity index is 1.30. The van der Waals surface area contributed by atoms with Gasteiger partial charge < -0.3 is 43.9 Å². The topological polar surface area (TPSA) is 127 Å². The van der Waals surface area contributed by atoms with Gasteiger partial charge >= 0.3 is 0 Å². The minimum absolute atomic E-state index is 0.00675. The van der Waals surface area contributed by atoms with Crippen LogP contribution in [0.2, 0.25) is 0 Å². The second-order valence-corrected chi connectivity index (χ2v) is 19.0. The number of hydrogen-bond acceptors (Lipinski definition) is 10. The summed E-state index contributed by atoms with van der Waals surface area (Å²) in [6.45, 7) is 21.5. The molecule has 5 rings (SSSR count). The molecular weight excluding hydrogens is 686 g/mol. The highest BCUT2D eigenvalue weighted by molar-refractivity contribution is 5.84. The molecule has 5 aliphatic heterocycles. The van der Waals surface area contributed by atoms with Gasteiger partial charge in [-0.2, -0.15) is 0 Å². The molecule has 0 aromatic carbocycles. The van der Waals surface area contributed by atoms with E-state index in [1.807, 2.05) is 47.6 Å². The molecule has 2 spiro atoms. The quantitative estimate of drug-likeness (QED) is 0.175. The molecule has 0 aromatic rings. The zero-order valence-corrected chi connectivity index (χ0v) is 35.8. The van der Waals surface area contributed by atoms with Crippen LogP contribution in [0.3, 0.4) is 0 Å². The van der Waals surface area contributed by atoms with Gasteiger partial charge in [0.05, 0.1) is 47.8 Å². The van der Waals surface area contributed by atoms with Crippen molar-refractivity contribution in [3.8, 4) is 0 Å². The van der Waals surface area contributed by atoms with Crippen LogP contribution >= 0.6 is 0 Å². The van der Waals surface area contributed by atoms with Gasteiger partial charge in [-0.1, -0.05) is 55.4 Å². The van der Waals surface area contributed by atoms with E-state index in [2.05, 4.69) is 46.7 Å². The molecule has 4 saturated heterocycles. The van der Waals surface area contributed by atoms with E-state index < -0.39 is 52.9 Å². The van der Waals surface area contributed by atoms with E-state index in [1.165, 1.54) is 0 Å². The molecule has 0 radical (unpaired) electrons. The zero-order chi connectivity index (χ0) is 40.0. The third-order valence-electron chi connectivity index (χ3n) is 14.9. The van der Waals surface area contributed by atoms with Crippen LogP contribution in [0.5, 0.6) is 0 Å². The Morgan fingerprint density at radius 2 is 1.63 bits per heavy atom. The number of ketones is 1. The van der Waals surface area contributed by atoms with Crippen molar-refractivity contribution in [1.82, 2.24) is 4.90 Å². The standard InChI is InChI=1S/C44H77NO9/c1-13-32(25-45(11)12)34-17-16-26(4)39(51-34)30(8)37(47)29(7)38(48)33(14-2)40-27(5)24-28(6)43(52-40)21-18-35(46)44(54-43)23-22-41(10,53-44)36-19-20-42(49,15-3)31(9)50-36/h18,21,26-37,39-40,46-47,49H,13-17,19-20,22-25H2,1-12H3/t26-,27-,28+,29-,30-,31-,32-,33-,34+,35+,36+,37+,39+,40-,41-,42+,43-,44-/m0/s1. The van der Waals surface area contributed by atoms with E-state index in [4.69, 9.17) is 23.7 Å². The molecule has 4 fully saturated rings. The second-order valence-electron chi connectivity index (χ2n) is 19.0. The average Bonchev–Trinajstić information content (AvgIpc) is 3.48. The van der Waals surface area contributed by atoms with E-state index in [0.29, 0.717) is 50.4 Å². The smallest absolute Gasteiger partial charge is 0.202 e. The Kier molecular flexibility index (Phi) is 14.0. The predicted molar refractivity (Wildman–Crippen MR) is 210 cm³/mol. The Morgan fingerprint density at radius 1 is 0.926 bits per heavy atom. The maximum atomic E-state index is 14.5. The lowest BCUT2D eigenvalue weighted by Gasteiger charge is -2.54. The normalized spacial score (nSPS) is 45.7. The molecule has 0 aliphatic carbocycles. The lowest BCUT2D eigenvalue weighted by atomic mass is 9.72. The first-order valence-electron chi connectivity index (χ1n) is 21.6. The number of carbonyl (C=O) groups excluding carboxylic acids is 1. The number of rotatable bonds is 13. The monoisotopic (exact) mass is 764 g/mol. The van der Waals surface area contributed by atoms with Gasteiger partial charge in [-0.05, 0) is 116 Å². The van der Waals surface area contributed by atoms with Crippen LogP contribution in [0.1, 0.15) is 133 Å². The number of aliphatic hydroxyl groups excluding tert-OH is 2. The molecule has 10 nitrogen and oxygen atoms in total. The van der Waals surface area contributed by atoms with E-state index in [1.54, 1.807) is 6.08 Å². The SMILES string of the molecule is CC[C@@H](CN(C)C)[C@H]1CC[C@H](C)[C@H]([C@@H](C)[C@H](O)[C@H](C)C(=O)[C@H](CC)[C@H]2O[C@]3(C=C[C@@H](O)[C@]4(CC[C@@](C)([C@H]5CC[C@](O)(CC)[C@H](C)O5)O4)O3)[C@H](C)C[C@@H]2C)O1. The number of aliphatic hydroxyl groups is 3. The first-order chi connectivity index (χ1) is 25.3. The highest BCUT2D eigenvalue weighted by Gasteiger charge is 2.63. The number of nitrogens with zero attached hydrogens (tertiary/aromatic N) is 1. The van der Waals surface area contributed by atoms with Crippen molar-refractivity contribution in [3.05, 3.63) is 12.2 Å². The van der Waals surface area contributed by atoms with Gasteiger partial charge in [0.25, 0.3) is 0 Å². The molecule has 0 saturated carbocycles. The summed E-state index contributed by atoms with van der Waals surface area (Å²) in [5, 5.41) is 34.4. The summed E-state index contributed by atoms with van der Waals surface area (Å²) in [7, 11) is 4.21. The van der Waals surface area contributed by atoms with Gasteiger partial charge in [-0.25, -0.2) is 0 Å². The minimum Gasteiger partial charge on any atom is -0.392 e. The Labute approximate surface area is 327 Å². The lowest BCUT2D eigenvalue weighted by molar-refractivity contribution is -0.409. The summed E-state index contributed by atoms with van der Waals surface area (Å²) in [4.78, 5) is 16.8. The van der Waals surface area contributed by atoms with Gasteiger partial charge in [-0.3, -0.25) is 4.79 Å².